The summed E-state index contributed by atoms with van der Waals surface area (Å²) >= 11 is 3.23. The zero-order valence-corrected chi connectivity index (χ0v) is 11.8. The van der Waals surface area contributed by atoms with Gasteiger partial charge in [0.25, 0.3) is 0 Å². The van der Waals surface area contributed by atoms with Gasteiger partial charge in [-0.1, -0.05) is 12.1 Å². The van der Waals surface area contributed by atoms with E-state index in [0.717, 1.165) is 5.56 Å². The van der Waals surface area contributed by atoms with E-state index in [4.69, 9.17) is 0 Å². The number of pyridine rings is 1. The van der Waals surface area contributed by atoms with Crippen molar-refractivity contribution in [3.63, 3.8) is 0 Å². The van der Waals surface area contributed by atoms with E-state index in [1.807, 2.05) is 0 Å². The van der Waals surface area contributed by atoms with Crippen LogP contribution in [0.5, 0.6) is 0 Å². The molecule has 0 saturated heterocycles. The van der Waals surface area contributed by atoms with Crippen molar-refractivity contribution in [3.8, 4) is 0 Å². The zero-order chi connectivity index (χ0) is 13.0. The van der Waals surface area contributed by atoms with E-state index in [1.54, 1.807) is 48.8 Å². The highest BCUT2D eigenvalue weighted by atomic mass is 79.9. The minimum Gasteiger partial charge on any atom is -0.265 e. The lowest BCUT2D eigenvalue weighted by Gasteiger charge is -2.08. The zero-order valence-electron chi connectivity index (χ0n) is 9.38. The quantitative estimate of drug-likeness (QED) is 0.938. The summed E-state index contributed by atoms with van der Waals surface area (Å²) in [6.07, 6.45) is 3.25. The average molecular weight is 327 g/mol. The molecule has 1 aromatic heterocycles. The maximum absolute atomic E-state index is 12.1. The molecule has 0 radical (unpaired) electrons. The van der Waals surface area contributed by atoms with Gasteiger partial charge >= 0.3 is 0 Å². The van der Waals surface area contributed by atoms with Crippen molar-refractivity contribution in [2.45, 2.75) is 11.4 Å². The van der Waals surface area contributed by atoms with Gasteiger partial charge in [-0.05, 0) is 45.8 Å². The first-order valence-corrected chi connectivity index (χ1v) is 7.50. The van der Waals surface area contributed by atoms with Gasteiger partial charge in [-0.25, -0.2) is 13.1 Å². The molecule has 0 amide bonds. The maximum atomic E-state index is 12.1. The van der Waals surface area contributed by atoms with E-state index in [1.165, 1.54) is 0 Å². The van der Waals surface area contributed by atoms with Gasteiger partial charge in [0, 0.05) is 23.4 Å². The van der Waals surface area contributed by atoms with Crippen molar-refractivity contribution in [1.29, 1.82) is 0 Å². The second-order valence-electron chi connectivity index (χ2n) is 3.61. The first kappa shape index (κ1) is 13.2. The van der Waals surface area contributed by atoms with E-state index in [9.17, 15) is 8.42 Å². The van der Waals surface area contributed by atoms with Crippen LogP contribution in [0.15, 0.2) is 58.2 Å². The van der Waals surface area contributed by atoms with Crippen LogP contribution in [0.1, 0.15) is 5.56 Å². The lowest BCUT2D eigenvalue weighted by Crippen LogP contribution is -2.23. The molecule has 4 nitrogen and oxygen atoms in total. The molecular formula is C12H11BrN2O2S. The van der Waals surface area contributed by atoms with E-state index in [-0.39, 0.29) is 11.4 Å². The van der Waals surface area contributed by atoms with Crippen LogP contribution in [-0.4, -0.2) is 13.4 Å². The first-order valence-electron chi connectivity index (χ1n) is 5.23. The minimum absolute atomic E-state index is 0.235. The molecule has 0 saturated carbocycles. The third-order valence-electron chi connectivity index (χ3n) is 2.34. The van der Waals surface area contributed by atoms with Crippen LogP contribution in [0.3, 0.4) is 0 Å². The lowest BCUT2D eigenvalue weighted by atomic mass is 10.3. The topological polar surface area (TPSA) is 59.1 Å². The van der Waals surface area contributed by atoms with Crippen molar-refractivity contribution in [2.24, 2.45) is 0 Å². The van der Waals surface area contributed by atoms with Crippen molar-refractivity contribution in [1.82, 2.24) is 9.71 Å². The molecule has 1 N–H and O–H groups in total. The van der Waals surface area contributed by atoms with E-state index in [2.05, 4.69) is 25.6 Å². The summed E-state index contributed by atoms with van der Waals surface area (Å²) in [5.41, 5.74) is 0.862. The first-order chi connectivity index (χ1) is 8.59. The Morgan fingerprint density at radius 2 is 1.78 bits per heavy atom. The number of aromatic nitrogens is 1. The van der Waals surface area contributed by atoms with Gasteiger partial charge < -0.3 is 0 Å². The van der Waals surface area contributed by atoms with Gasteiger partial charge in [0.05, 0.1) is 4.90 Å². The molecule has 0 aliphatic carbocycles. The van der Waals surface area contributed by atoms with Crippen molar-refractivity contribution >= 4 is 26.0 Å². The Labute approximate surface area is 114 Å². The fourth-order valence-electron chi connectivity index (χ4n) is 1.42. The number of hydrogen-bond donors (Lipinski definition) is 1. The molecule has 0 unspecified atom stereocenters. The van der Waals surface area contributed by atoms with E-state index >= 15 is 0 Å². The highest BCUT2D eigenvalue weighted by Crippen LogP contribution is 2.20. The predicted molar refractivity (Wildman–Crippen MR) is 72.4 cm³/mol. The Kier molecular flexibility index (Phi) is 4.11. The molecule has 6 heteroatoms. The normalized spacial score (nSPS) is 11.4. The van der Waals surface area contributed by atoms with Gasteiger partial charge in [-0.2, -0.15) is 0 Å². The molecule has 0 spiro atoms. The Balaban J connectivity index is 2.16. The van der Waals surface area contributed by atoms with Gasteiger partial charge in [-0.3, -0.25) is 4.98 Å². The van der Waals surface area contributed by atoms with Crippen molar-refractivity contribution in [2.75, 3.05) is 0 Å². The number of halogens is 1. The Morgan fingerprint density at radius 1 is 1.11 bits per heavy atom. The van der Waals surface area contributed by atoms with Gasteiger partial charge in [-0.15, -0.1) is 0 Å². The molecule has 0 aliphatic heterocycles. The summed E-state index contributed by atoms with van der Waals surface area (Å²) in [7, 11) is -3.51. The molecule has 1 aromatic carbocycles. The molecule has 1 heterocycles. The fourth-order valence-corrected chi connectivity index (χ4v) is 3.44. The predicted octanol–water partition coefficient (Wildman–Crippen LogP) is 2.32. The van der Waals surface area contributed by atoms with Crippen LogP contribution in [0.25, 0.3) is 0 Å². The number of rotatable bonds is 4. The molecule has 2 rings (SSSR count). The number of nitrogens with zero attached hydrogens (tertiary/aromatic N) is 1. The highest BCUT2D eigenvalue weighted by molar-refractivity contribution is 9.10. The molecule has 18 heavy (non-hydrogen) atoms. The van der Waals surface area contributed by atoms with Crippen LogP contribution in [0.4, 0.5) is 0 Å². The molecule has 2 aromatic rings. The molecule has 0 atom stereocenters. The summed E-state index contributed by atoms with van der Waals surface area (Å²) < 4.78 is 27.2. The maximum Gasteiger partial charge on any atom is 0.241 e. The summed E-state index contributed by atoms with van der Waals surface area (Å²) in [5.74, 6) is 0. The second-order valence-corrected chi connectivity index (χ2v) is 6.20. The van der Waals surface area contributed by atoms with Crippen LogP contribution in [-0.2, 0) is 16.6 Å². The number of hydrogen-bond acceptors (Lipinski definition) is 3. The fraction of sp³-hybridized carbons (Fsp3) is 0.0833. The largest absolute Gasteiger partial charge is 0.265 e. The third-order valence-corrected chi connectivity index (χ3v) is 4.76. The Hall–Kier alpha value is -1.24. The van der Waals surface area contributed by atoms with Crippen LogP contribution in [0.2, 0.25) is 0 Å². The monoisotopic (exact) mass is 326 g/mol. The number of nitrogens with one attached hydrogen (secondary N) is 1. The number of benzene rings is 1. The molecule has 0 aliphatic rings. The van der Waals surface area contributed by atoms with Crippen molar-refractivity contribution in [3.05, 3.63) is 58.8 Å². The molecule has 94 valence electrons. The standard InChI is InChI=1S/C12H11BrN2O2S/c13-11-3-1-2-4-12(11)18(16,17)15-9-10-5-7-14-8-6-10/h1-8,15H,9H2. The summed E-state index contributed by atoms with van der Waals surface area (Å²) in [4.78, 5) is 4.11. The van der Waals surface area contributed by atoms with E-state index < -0.39 is 10.0 Å². The minimum atomic E-state index is -3.51. The third kappa shape index (κ3) is 3.16. The van der Waals surface area contributed by atoms with E-state index in [0.29, 0.717) is 4.47 Å². The number of sulfonamides is 1. The van der Waals surface area contributed by atoms with Crippen LogP contribution in [0, 0.1) is 0 Å². The second kappa shape index (κ2) is 5.60. The van der Waals surface area contributed by atoms with Crippen molar-refractivity contribution < 1.29 is 8.42 Å². The highest BCUT2D eigenvalue weighted by Gasteiger charge is 2.16. The van der Waals surface area contributed by atoms with Crippen LogP contribution >= 0.6 is 15.9 Å². The summed E-state index contributed by atoms with van der Waals surface area (Å²) in [6, 6.07) is 10.2. The van der Waals surface area contributed by atoms with Gasteiger partial charge in [0.1, 0.15) is 0 Å². The lowest BCUT2D eigenvalue weighted by molar-refractivity contribution is 0.581. The van der Waals surface area contributed by atoms with Gasteiger partial charge in [0.2, 0.25) is 10.0 Å². The van der Waals surface area contributed by atoms with Crippen LogP contribution < -0.4 is 4.72 Å². The summed E-state index contributed by atoms with van der Waals surface area (Å²) in [5, 5.41) is 0. The van der Waals surface area contributed by atoms with Gasteiger partial charge in [0.15, 0.2) is 0 Å². The Bertz CT molecular complexity index is 630. The smallest absolute Gasteiger partial charge is 0.241 e. The SMILES string of the molecule is O=S(=O)(NCc1ccncc1)c1ccccc1Br. The molecule has 0 fully saturated rings. The Morgan fingerprint density at radius 3 is 2.44 bits per heavy atom. The average Bonchev–Trinajstić information content (AvgIpc) is 2.38. The molecular weight excluding hydrogens is 316 g/mol. The molecule has 0 bridgehead atoms. The summed E-state index contributed by atoms with van der Waals surface area (Å²) in [6.45, 7) is 0.242.